The van der Waals surface area contributed by atoms with Crippen molar-refractivity contribution in [2.75, 3.05) is 6.61 Å². The molecule has 0 heterocycles. The molecule has 0 bridgehead atoms. The fourth-order valence-electron chi connectivity index (χ4n) is 4.31. The van der Waals surface area contributed by atoms with Crippen molar-refractivity contribution in [1.29, 1.82) is 0 Å². The molecule has 0 amide bonds. The van der Waals surface area contributed by atoms with Crippen molar-refractivity contribution in [1.82, 2.24) is 0 Å². The summed E-state index contributed by atoms with van der Waals surface area (Å²) in [6.07, 6.45) is 2.92. The number of hydrogen-bond acceptors (Lipinski definition) is 7. The van der Waals surface area contributed by atoms with E-state index in [1.165, 1.54) is 13.0 Å². The molecule has 0 saturated heterocycles. The largest absolute Gasteiger partial charge is 0.463 e. The molecule has 0 radical (unpaired) electrons. The maximum absolute atomic E-state index is 13.0. The number of rotatable bonds is 12. The maximum atomic E-state index is 13.0. The maximum Gasteiger partial charge on any atom is 0.336 e. The summed E-state index contributed by atoms with van der Waals surface area (Å²) in [5.74, 6) is -0.925. The summed E-state index contributed by atoms with van der Waals surface area (Å²) in [6.45, 7) is 8.44. The van der Waals surface area contributed by atoms with Gasteiger partial charge >= 0.3 is 17.9 Å². The van der Waals surface area contributed by atoms with Gasteiger partial charge in [0.2, 0.25) is 0 Å². The molecule has 0 saturated carbocycles. The molecule has 7 nitrogen and oxygen atoms in total. The van der Waals surface area contributed by atoms with Crippen molar-refractivity contribution < 1.29 is 33.7 Å². The number of hydrogen-bond donors (Lipinski definition) is 1. The number of esters is 3. The predicted molar refractivity (Wildman–Crippen MR) is 158 cm³/mol. The van der Waals surface area contributed by atoms with E-state index in [4.69, 9.17) is 14.2 Å². The summed E-state index contributed by atoms with van der Waals surface area (Å²) in [4.78, 5) is 38.0. The highest BCUT2D eigenvalue weighted by Gasteiger charge is 2.43. The zero-order chi connectivity index (χ0) is 30.0. The fraction of sp³-hybridized carbons (Fsp3) is 0.324. The van der Waals surface area contributed by atoms with Crippen LogP contribution in [0.5, 0.6) is 11.5 Å². The smallest absolute Gasteiger partial charge is 0.336 e. The van der Waals surface area contributed by atoms with Crippen molar-refractivity contribution in [2.24, 2.45) is 10.8 Å². The molecule has 0 fully saturated rings. The van der Waals surface area contributed by atoms with Gasteiger partial charge in [-0.1, -0.05) is 61.5 Å². The van der Waals surface area contributed by atoms with Gasteiger partial charge in [-0.15, -0.1) is 0 Å². The van der Waals surface area contributed by atoms with E-state index in [0.29, 0.717) is 12.2 Å². The summed E-state index contributed by atoms with van der Waals surface area (Å²) in [5.41, 5.74) is 1.15. The van der Waals surface area contributed by atoms with E-state index in [1.807, 2.05) is 61.5 Å². The minimum Gasteiger partial charge on any atom is -0.463 e. The van der Waals surface area contributed by atoms with E-state index in [0.717, 1.165) is 16.7 Å². The van der Waals surface area contributed by atoms with Crippen LogP contribution < -0.4 is 9.47 Å². The van der Waals surface area contributed by atoms with Gasteiger partial charge < -0.3 is 19.3 Å². The average molecular weight is 559 g/mol. The summed E-state index contributed by atoms with van der Waals surface area (Å²) in [6, 6.07) is 24.0. The average Bonchev–Trinajstić information content (AvgIpc) is 2.96. The highest BCUT2D eigenvalue weighted by molar-refractivity contribution is 5.89. The molecule has 2 unspecified atom stereocenters. The van der Waals surface area contributed by atoms with Gasteiger partial charge in [-0.2, -0.15) is 0 Å². The Labute approximate surface area is 241 Å². The third kappa shape index (κ3) is 9.15. The van der Waals surface area contributed by atoms with Crippen LogP contribution in [0.15, 0.2) is 84.9 Å². The van der Waals surface area contributed by atoms with Crippen LogP contribution in [0, 0.1) is 10.8 Å². The first-order valence-corrected chi connectivity index (χ1v) is 13.6. The summed E-state index contributed by atoms with van der Waals surface area (Å²) >= 11 is 0. The Hall–Kier alpha value is -4.23. The van der Waals surface area contributed by atoms with Gasteiger partial charge in [0, 0.05) is 6.08 Å². The Bertz CT molecular complexity index is 1340. The van der Waals surface area contributed by atoms with Gasteiger partial charge in [0.25, 0.3) is 0 Å². The second-order valence-corrected chi connectivity index (χ2v) is 11.0. The second-order valence-electron chi connectivity index (χ2n) is 11.0. The molecule has 3 rings (SSSR count). The predicted octanol–water partition coefficient (Wildman–Crippen LogP) is 6.63. The van der Waals surface area contributed by atoms with Crippen molar-refractivity contribution >= 4 is 24.0 Å². The Kier molecular flexibility index (Phi) is 10.6. The fourth-order valence-corrected chi connectivity index (χ4v) is 4.31. The summed E-state index contributed by atoms with van der Waals surface area (Å²) in [7, 11) is 0. The Morgan fingerprint density at radius 1 is 0.805 bits per heavy atom. The van der Waals surface area contributed by atoms with Crippen molar-refractivity contribution in [2.45, 2.75) is 53.6 Å². The highest BCUT2D eigenvalue weighted by atomic mass is 16.5. The standard InChI is InChI=1S/C34H38O7/c1-6-34(5,32(38)39-22-24(2)35)23-33(3,4)31(37)41-29-19-17-28(18-20-29)40-30(36)21-14-25-12-15-27(16-13-25)26-10-8-7-9-11-26/h7-21,24,35H,6,22-23H2,1-5H3. The SMILES string of the molecule is CCC(C)(CC(C)(C)C(=O)Oc1ccc(OC(=O)C=Cc2ccc(-c3ccccc3)cc2)cc1)C(=O)OCC(C)O. The Morgan fingerprint density at radius 3 is 1.93 bits per heavy atom. The highest BCUT2D eigenvalue weighted by Crippen LogP contribution is 2.39. The Morgan fingerprint density at radius 2 is 1.37 bits per heavy atom. The van der Waals surface area contributed by atoms with E-state index >= 15 is 0 Å². The zero-order valence-electron chi connectivity index (χ0n) is 24.3. The van der Waals surface area contributed by atoms with Crippen LogP contribution >= 0.6 is 0 Å². The molecule has 3 aromatic carbocycles. The number of carbonyl (C=O) groups is 3. The first-order valence-electron chi connectivity index (χ1n) is 13.6. The van der Waals surface area contributed by atoms with Gasteiger partial charge in [0.15, 0.2) is 0 Å². The molecule has 3 aromatic rings. The lowest BCUT2D eigenvalue weighted by Gasteiger charge is -2.33. The third-order valence-corrected chi connectivity index (χ3v) is 6.80. The number of benzene rings is 3. The van der Waals surface area contributed by atoms with E-state index in [2.05, 4.69) is 0 Å². The summed E-state index contributed by atoms with van der Waals surface area (Å²) < 4.78 is 16.2. The molecule has 2 atom stereocenters. The first kappa shape index (κ1) is 31.3. The molecule has 41 heavy (non-hydrogen) atoms. The molecular formula is C34H38O7. The number of ether oxygens (including phenoxy) is 3. The van der Waals surface area contributed by atoms with Gasteiger partial charge in [0.05, 0.1) is 16.9 Å². The molecule has 0 aliphatic rings. The van der Waals surface area contributed by atoms with Crippen LogP contribution in [0.1, 0.15) is 53.0 Å². The lowest BCUT2D eigenvalue weighted by atomic mass is 9.72. The Balaban J connectivity index is 1.54. The van der Waals surface area contributed by atoms with Crippen LogP contribution in [-0.2, 0) is 19.1 Å². The lowest BCUT2D eigenvalue weighted by molar-refractivity contribution is -0.162. The number of carbonyl (C=O) groups excluding carboxylic acids is 3. The number of aliphatic hydroxyl groups is 1. The van der Waals surface area contributed by atoms with Crippen LogP contribution in [-0.4, -0.2) is 35.7 Å². The zero-order valence-corrected chi connectivity index (χ0v) is 24.3. The van der Waals surface area contributed by atoms with Crippen molar-refractivity contribution in [3.8, 4) is 22.6 Å². The van der Waals surface area contributed by atoms with E-state index in [1.54, 1.807) is 51.1 Å². The molecule has 7 heteroatoms. The minimum absolute atomic E-state index is 0.103. The van der Waals surface area contributed by atoms with Crippen LogP contribution in [0.2, 0.25) is 0 Å². The molecule has 0 aliphatic heterocycles. The topological polar surface area (TPSA) is 99.1 Å². The summed E-state index contributed by atoms with van der Waals surface area (Å²) in [5, 5.41) is 9.43. The van der Waals surface area contributed by atoms with Crippen LogP contribution in [0.25, 0.3) is 17.2 Å². The van der Waals surface area contributed by atoms with E-state index < -0.39 is 34.8 Å². The normalized spacial score (nSPS) is 13.7. The molecule has 0 spiro atoms. The van der Waals surface area contributed by atoms with Crippen molar-refractivity contribution in [3.63, 3.8) is 0 Å². The van der Waals surface area contributed by atoms with Crippen LogP contribution in [0.4, 0.5) is 0 Å². The molecule has 0 aromatic heterocycles. The molecule has 216 valence electrons. The van der Waals surface area contributed by atoms with E-state index in [-0.39, 0.29) is 18.8 Å². The monoisotopic (exact) mass is 558 g/mol. The van der Waals surface area contributed by atoms with Crippen molar-refractivity contribution in [3.05, 3.63) is 90.5 Å². The van der Waals surface area contributed by atoms with Gasteiger partial charge in [-0.25, -0.2) is 4.79 Å². The van der Waals surface area contributed by atoms with Crippen LogP contribution in [0.3, 0.4) is 0 Å². The van der Waals surface area contributed by atoms with Gasteiger partial charge in [-0.3, -0.25) is 9.59 Å². The van der Waals surface area contributed by atoms with Gasteiger partial charge in [-0.05, 0) is 87.6 Å². The molecule has 1 N–H and O–H groups in total. The number of aliphatic hydroxyl groups excluding tert-OH is 1. The minimum atomic E-state index is -0.996. The third-order valence-electron chi connectivity index (χ3n) is 6.80. The molecule has 0 aliphatic carbocycles. The second kappa shape index (κ2) is 13.9. The lowest BCUT2D eigenvalue weighted by Crippen LogP contribution is -2.40. The first-order chi connectivity index (χ1) is 19.4. The van der Waals surface area contributed by atoms with E-state index in [9.17, 15) is 19.5 Å². The molecular weight excluding hydrogens is 520 g/mol. The quantitative estimate of drug-likeness (QED) is 0.151. The van der Waals surface area contributed by atoms with Gasteiger partial charge in [0.1, 0.15) is 18.1 Å².